The molecule has 1 aromatic heterocycles. The van der Waals surface area contributed by atoms with Crippen LogP contribution >= 0.6 is 11.6 Å². The molecular formula is C20H21ClFN3O2. The molecular weight excluding hydrogens is 369 g/mol. The van der Waals surface area contributed by atoms with Gasteiger partial charge in [0.2, 0.25) is 0 Å². The maximum Gasteiger partial charge on any atom is 0.161 e. The van der Waals surface area contributed by atoms with E-state index in [9.17, 15) is 4.39 Å². The van der Waals surface area contributed by atoms with Gasteiger partial charge in [0.15, 0.2) is 11.5 Å². The Morgan fingerprint density at radius 3 is 2.41 bits per heavy atom. The van der Waals surface area contributed by atoms with Crippen molar-refractivity contribution in [3.05, 3.63) is 70.3 Å². The number of nitrogens with one attached hydrogen (secondary N) is 1. The molecule has 0 amide bonds. The average Bonchev–Trinajstić information content (AvgIpc) is 2.96. The first-order chi connectivity index (χ1) is 13.0. The van der Waals surface area contributed by atoms with Crippen molar-refractivity contribution in [2.24, 2.45) is 0 Å². The minimum absolute atomic E-state index is 0.296. The van der Waals surface area contributed by atoms with Crippen molar-refractivity contribution >= 4 is 11.6 Å². The standard InChI is InChI=1S/C20H21ClFN3O2/c1-13-17(20(21)25(24-13)16-7-5-15(22)6-8-16)12-23-11-14-4-9-18(26-2)19(10-14)27-3/h4-10,23H,11-12H2,1-3H3. The Morgan fingerprint density at radius 1 is 1.04 bits per heavy atom. The second kappa shape index (κ2) is 8.41. The Bertz CT molecular complexity index is 926. The average molecular weight is 390 g/mol. The normalized spacial score (nSPS) is 10.9. The monoisotopic (exact) mass is 389 g/mol. The van der Waals surface area contributed by atoms with Crippen molar-refractivity contribution in [1.29, 1.82) is 0 Å². The minimum Gasteiger partial charge on any atom is -0.493 e. The van der Waals surface area contributed by atoms with Crippen LogP contribution in [-0.4, -0.2) is 24.0 Å². The minimum atomic E-state index is -0.296. The Balaban J connectivity index is 1.71. The lowest BCUT2D eigenvalue weighted by Crippen LogP contribution is -2.13. The summed E-state index contributed by atoms with van der Waals surface area (Å²) in [6.45, 7) is 3.09. The summed E-state index contributed by atoms with van der Waals surface area (Å²) < 4.78 is 25.3. The van der Waals surface area contributed by atoms with Crippen LogP contribution < -0.4 is 14.8 Å². The number of halogens is 2. The van der Waals surface area contributed by atoms with Gasteiger partial charge in [-0.1, -0.05) is 17.7 Å². The molecule has 0 bridgehead atoms. The molecule has 3 rings (SSSR count). The van der Waals surface area contributed by atoms with Crippen LogP contribution in [0.15, 0.2) is 42.5 Å². The van der Waals surface area contributed by atoms with E-state index in [4.69, 9.17) is 21.1 Å². The van der Waals surface area contributed by atoms with Crippen LogP contribution in [0, 0.1) is 12.7 Å². The highest BCUT2D eigenvalue weighted by Gasteiger charge is 2.14. The Labute approximate surface area is 162 Å². The van der Waals surface area contributed by atoms with Gasteiger partial charge < -0.3 is 14.8 Å². The molecule has 0 radical (unpaired) electrons. The Kier molecular flexibility index (Phi) is 5.98. The van der Waals surface area contributed by atoms with Gasteiger partial charge in [-0.25, -0.2) is 9.07 Å². The lowest BCUT2D eigenvalue weighted by molar-refractivity contribution is 0.354. The summed E-state index contributed by atoms with van der Waals surface area (Å²) in [5.74, 6) is 1.09. The highest BCUT2D eigenvalue weighted by Crippen LogP contribution is 2.28. The predicted molar refractivity (Wildman–Crippen MR) is 103 cm³/mol. The van der Waals surface area contributed by atoms with Crippen molar-refractivity contribution in [3.8, 4) is 17.2 Å². The van der Waals surface area contributed by atoms with E-state index in [1.54, 1.807) is 31.0 Å². The summed E-state index contributed by atoms with van der Waals surface area (Å²) in [5, 5.41) is 8.35. The van der Waals surface area contributed by atoms with Crippen LogP contribution in [0.5, 0.6) is 11.5 Å². The highest BCUT2D eigenvalue weighted by atomic mass is 35.5. The van der Waals surface area contributed by atoms with E-state index in [-0.39, 0.29) is 5.82 Å². The lowest BCUT2D eigenvalue weighted by Gasteiger charge is -2.10. The van der Waals surface area contributed by atoms with Crippen LogP contribution in [0.25, 0.3) is 5.69 Å². The van der Waals surface area contributed by atoms with E-state index in [0.717, 1.165) is 22.5 Å². The lowest BCUT2D eigenvalue weighted by atomic mass is 10.2. The second-order valence-electron chi connectivity index (χ2n) is 6.04. The van der Waals surface area contributed by atoms with E-state index in [1.807, 2.05) is 25.1 Å². The van der Waals surface area contributed by atoms with Crippen LogP contribution in [0.1, 0.15) is 16.8 Å². The molecule has 0 aliphatic carbocycles. The molecule has 0 aliphatic heterocycles. The first-order valence-electron chi connectivity index (χ1n) is 8.45. The van der Waals surface area contributed by atoms with E-state index in [0.29, 0.717) is 29.7 Å². The smallest absolute Gasteiger partial charge is 0.161 e. The van der Waals surface area contributed by atoms with Gasteiger partial charge in [-0.2, -0.15) is 5.10 Å². The highest BCUT2D eigenvalue weighted by molar-refractivity contribution is 6.30. The molecule has 1 N–H and O–H groups in total. The number of hydrogen-bond donors (Lipinski definition) is 1. The van der Waals surface area contributed by atoms with Crippen molar-refractivity contribution in [3.63, 3.8) is 0 Å². The molecule has 0 aliphatic rings. The van der Waals surface area contributed by atoms with Crippen molar-refractivity contribution in [2.45, 2.75) is 20.0 Å². The molecule has 3 aromatic rings. The fraction of sp³-hybridized carbons (Fsp3) is 0.250. The van der Waals surface area contributed by atoms with Gasteiger partial charge in [-0.05, 0) is 48.9 Å². The fourth-order valence-electron chi connectivity index (χ4n) is 2.81. The molecule has 2 aromatic carbocycles. The number of benzene rings is 2. The zero-order chi connectivity index (χ0) is 19.4. The summed E-state index contributed by atoms with van der Waals surface area (Å²) in [6, 6.07) is 11.9. The van der Waals surface area contributed by atoms with E-state index in [1.165, 1.54) is 12.1 Å². The number of ether oxygens (including phenoxy) is 2. The van der Waals surface area contributed by atoms with Crippen LogP contribution in [0.2, 0.25) is 5.15 Å². The number of nitrogens with zero attached hydrogens (tertiary/aromatic N) is 2. The Morgan fingerprint density at radius 2 is 1.74 bits per heavy atom. The molecule has 0 unspecified atom stereocenters. The van der Waals surface area contributed by atoms with E-state index >= 15 is 0 Å². The Hall–Kier alpha value is -2.57. The topological polar surface area (TPSA) is 48.3 Å². The fourth-order valence-corrected chi connectivity index (χ4v) is 3.15. The molecule has 1 heterocycles. The maximum atomic E-state index is 13.1. The van der Waals surface area contributed by atoms with Crippen molar-refractivity contribution in [1.82, 2.24) is 15.1 Å². The zero-order valence-electron chi connectivity index (χ0n) is 15.4. The van der Waals surface area contributed by atoms with Crippen molar-refractivity contribution in [2.75, 3.05) is 14.2 Å². The third kappa shape index (κ3) is 4.23. The quantitative estimate of drug-likeness (QED) is 0.655. The van der Waals surface area contributed by atoms with Crippen LogP contribution in [-0.2, 0) is 13.1 Å². The molecule has 0 fully saturated rings. The van der Waals surface area contributed by atoms with Gasteiger partial charge in [-0.3, -0.25) is 0 Å². The number of rotatable bonds is 7. The summed E-state index contributed by atoms with van der Waals surface area (Å²) in [4.78, 5) is 0. The van der Waals surface area contributed by atoms with Crippen LogP contribution in [0.3, 0.4) is 0 Å². The van der Waals surface area contributed by atoms with Gasteiger partial charge in [-0.15, -0.1) is 0 Å². The first kappa shape index (κ1) is 19.2. The van der Waals surface area contributed by atoms with Gasteiger partial charge in [0.25, 0.3) is 0 Å². The number of hydrogen-bond acceptors (Lipinski definition) is 4. The van der Waals surface area contributed by atoms with Crippen LogP contribution in [0.4, 0.5) is 4.39 Å². The summed E-state index contributed by atoms with van der Waals surface area (Å²) in [5.41, 5.74) is 3.51. The third-order valence-electron chi connectivity index (χ3n) is 4.27. The zero-order valence-corrected chi connectivity index (χ0v) is 16.2. The summed E-state index contributed by atoms with van der Waals surface area (Å²) >= 11 is 6.50. The molecule has 0 saturated carbocycles. The van der Waals surface area contributed by atoms with Crippen molar-refractivity contribution < 1.29 is 13.9 Å². The maximum absolute atomic E-state index is 13.1. The van der Waals surface area contributed by atoms with E-state index < -0.39 is 0 Å². The summed E-state index contributed by atoms with van der Waals surface area (Å²) in [6.07, 6.45) is 0. The number of methoxy groups -OCH3 is 2. The van der Waals surface area contributed by atoms with E-state index in [2.05, 4.69) is 10.4 Å². The molecule has 7 heteroatoms. The molecule has 0 spiro atoms. The molecule has 27 heavy (non-hydrogen) atoms. The molecule has 0 atom stereocenters. The largest absolute Gasteiger partial charge is 0.493 e. The molecule has 142 valence electrons. The van der Waals surface area contributed by atoms with Gasteiger partial charge in [0.1, 0.15) is 11.0 Å². The van der Waals surface area contributed by atoms with Gasteiger partial charge >= 0.3 is 0 Å². The first-order valence-corrected chi connectivity index (χ1v) is 8.83. The van der Waals surface area contributed by atoms with Gasteiger partial charge in [0.05, 0.1) is 25.6 Å². The molecule has 0 saturated heterocycles. The number of aryl methyl sites for hydroxylation is 1. The SMILES string of the molecule is COc1ccc(CNCc2c(C)nn(-c3ccc(F)cc3)c2Cl)cc1OC. The predicted octanol–water partition coefficient (Wildman–Crippen LogP) is 4.28. The third-order valence-corrected chi connectivity index (χ3v) is 4.66. The van der Waals surface area contributed by atoms with Gasteiger partial charge in [0, 0.05) is 18.7 Å². The second-order valence-corrected chi connectivity index (χ2v) is 6.39. The number of aromatic nitrogens is 2. The summed E-state index contributed by atoms with van der Waals surface area (Å²) in [7, 11) is 3.22. The molecule has 5 nitrogen and oxygen atoms in total.